The summed E-state index contributed by atoms with van der Waals surface area (Å²) >= 11 is 0. The number of fused-ring (bicyclic) bond motifs is 2. The van der Waals surface area contributed by atoms with Crippen LogP contribution < -0.4 is 5.32 Å². The minimum atomic E-state index is -0.606. The molecule has 6 fully saturated rings. The molecular formula is C50H54FN5O5. The molecule has 5 saturated carbocycles. The number of likely N-dealkylation sites (tertiary alicyclic amines) is 1. The summed E-state index contributed by atoms with van der Waals surface area (Å²) in [6, 6.07) is 29.7. The van der Waals surface area contributed by atoms with E-state index in [9.17, 15) is 28.7 Å². The third-order valence-electron chi connectivity index (χ3n) is 13.6. The average Bonchev–Trinajstić information content (AvgIpc) is 3.54. The maximum atomic E-state index is 13.3. The fourth-order valence-electron chi connectivity index (χ4n) is 11.2. The monoisotopic (exact) mass is 823 g/mol. The standard InChI is InChI=1S/C27H29N3O3.C23H25FN2O2/c1-30(25(32)23-4-2-3-19(10-23)15-28)16-18-5-7-22(8-6-18)24(31)29-26-11-20-9-21(12-26)14-27(33,13-20)17-26;1-25(22(27)19-5-3-6-20(24)13-19)14-16-8-10-18(11-9-16)23(28)26-15-17-4-2-7-21(26)12-17/h2-8,10,20-21,33H,9,11-14,16-17H2,1H3,(H,29,31);3,5-6,8-11,13,17,21H,2,4,7,12,14-15H2,1H3. The number of benzene rings is 4. The smallest absolute Gasteiger partial charge is 0.254 e. The van der Waals surface area contributed by atoms with E-state index in [0.717, 1.165) is 56.2 Å². The molecule has 316 valence electrons. The van der Waals surface area contributed by atoms with E-state index < -0.39 is 11.4 Å². The van der Waals surface area contributed by atoms with Crippen molar-refractivity contribution in [3.63, 3.8) is 0 Å². The lowest BCUT2D eigenvalue weighted by atomic mass is 9.51. The van der Waals surface area contributed by atoms with Gasteiger partial charge in [-0.15, -0.1) is 0 Å². The number of hydrogen-bond acceptors (Lipinski definition) is 6. The lowest BCUT2D eigenvalue weighted by molar-refractivity contribution is -0.139. The van der Waals surface area contributed by atoms with Crippen LogP contribution in [0.15, 0.2) is 97.1 Å². The van der Waals surface area contributed by atoms with Crippen molar-refractivity contribution < 1.29 is 28.7 Å². The van der Waals surface area contributed by atoms with Gasteiger partial charge in [-0.25, -0.2) is 4.39 Å². The van der Waals surface area contributed by atoms with Crippen LogP contribution in [0.25, 0.3) is 0 Å². The Morgan fingerprint density at radius 1 is 0.754 bits per heavy atom. The lowest BCUT2D eigenvalue weighted by Gasteiger charge is -2.60. The van der Waals surface area contributed by atoms with Gasteiger partial charge in [0.05, 0.1) is 17.2 Å². The second kappa shape index (κ2) is 17.3. The van der Waals surface area contributed by atoms with Gasteiger partial charge in [-0.1, -0.05) is 42.8 Å². The van der Waals surface area contributed by atoms with Gasteiger partial charge in [0.25, 0.3) is 23.6 Å². The second-order valence-electron chi connectivity index (χ2n) is 18.5. The first kappa shape index (κ1) is 41.9. The fraction of sp³-hybridized carbons (Fsp3) is 0.420. The summed E-state index contributed by atoms with van der Waals surface area (Å²) in [5, 5.41) is 23.3. The largest absolute Gasteiger partial charge is 0.390 e. The fourth-order valence-corrected chi connectivity index (χ4v) is 11.2. The Bertz CT molecular complexity index is 2330. The molecule has 4 aromatic rings. The predicted molar refractivity (Wildman–Crippen MR) is 229 cm³/mol. The Kier molecular flexibility index (Phi) is 11.8. The van der Waals surface area contributed by atoms with Gasteiger partial charge in [0.1, 0.15) is 5.82 Å². The zero-order valence-corrected chi connectivity index (χ0v) is 35.0. The highest BCUT2D eigenvalue weighted by Crippen LogP contribution is 2.57. The molecule has 4 unspecified atom stereocenters. The van der Waals surface area contributed by atoms with Gasteiger partial charge in [-0.3, -0.25) is 19.2 Å². The highest BCUT2D eigenvalue weighted by molar-refractivity contribution is 5.96. The maximum absolute atomic E-state index is 13.3. The summed E-state index contributed by atoms with van der Waals surface area (Å²) in [4.78, 5) is 56.3. The third-order valence-corrected chi connectivity index (χ3v) is 13.6. The van der Waals surface area contributed by atoms with Gasteiger partial charge in [-0.2, -0.15) is 5.26 Å². The number of carbonyl (C=O) groups is 4. The number of rotatable bonds is 9. The van der Waals surface area contributed by atoms with Gasteiger partial charge >= 0.3 is 0 Å². The van der Waals surface area contributed by atoms with E-state index in [1.807, 2.05) is 41.3 Å². The minimum Gasteiger partial charge on any atom is -0.390 e. The molecule has 4 amide bonds. The van der Waals surface area contributed by atoms with Gasteiger partial charge in [0.15, 0.2) is 0 Å². The van der Waals surface area contributed by atoms with E-state index >= 15 is 0 Å². The number of amides is 4. The summed E-state index contributed by atoms with van der Waals surface area (Å²) in [5.74, 6) is 0.910. The first-order valence-electron chi connectivity index (χ1n) is 21.6. The predicted octanol–water partition coefficient (Wildman–Crippen LogP) is 7.76. The molecule has 0 radical (unpaired) electrons. The van der Waals surface area contributed by atoms with Gasteiger partial charge in [-0.05, 0) is 147 Å². The van der Waals surface area contributed by atoms with Crippen LogP contribution in [-0.2, 0) is 13.1 Å². The van der Waals surface area contributed by atoms with Crippen molar-refractivity contribution in [1.82, 2.24) is 20.0 Å². The summed E-state index contributed by atoms with van der Waals surface area (Å²) in [5.41, 5.74) is 3.53. The molecule has 6 bridgehead atoms. The first-order valence-corrected chi connectivity index (χ1v) is 21.6. The number of aliphatic hydroxyl groups is 1. The van der Waals surface area contributed by atoms with Crippen molar-refractivity contribution in [3.8, 4) is 6.07 Å². The topological polar surface area (TPSA) is 134 Å². The summed E-state index contributed by atoms with van der Waals surface area (Å²) < 4.78 is 13.3. The molecule has 4 aromatic carbocycles. The first-order chi connectivity index (χ1) is 29.3. The molecule has 5 aliphatic carbocycles. The van der Waals surface area contributed by atoms with E-state index in [0.29, 0.717) is 71.1 Å². The van der Waals surface area contributed by atoms with Crippen LogP contribution >= 0.6 is 0 Å². The molecule has 61 heavy (non-hydrogen) atoms. The van der Waals surface area contributed by atoms with Crippen LogP contribution in [0.1, 0.15) is 122 Å². The van der Waals surface area contributed by atoms with Crippen molar-refractivity contribution in [2.75, 3.05) is 20.6 Å². The highest BCUT2D eigenvalue weighted by Gasteiger charge is 2.57. The van der Waals surface area contributed by atoms with E-state index in [1.54, 1.807) is 66.4 Å². The Hall–Kier alpha value is -5.86. The van der Waals surface area contributed by atoms with E-state index in [-0.39, 0.29) is 29.2 Å². The molecule has 10 nitrogen and oxygen atoms in total. The van der Waals surface area contributed by atoms with E-state index in [1.165, 1.54) is 37.5 Å². The second-order valence-corrected chi connectivity index (χ2v) is 18.5. The van der Waals surface area contributed by atoms with Crippen LogP contribution in [0.4, 0.5) is 4.39 Å². The summed E-state index contributed by atoms with van der Waals surface area (Å²) in [6.07, 6.45) is 10.3. The van der Waals surface area contributed by atoms with Crippen LogP contribution in [0.5, 0.6) is 0 Å². The molecule has 4 atom stereocenters. The SMILES string of the molecule is CN(Cc1ccc(C(=O)N2CC3CCCC2C3)cc1)C(=O)c1cccc(F)c1.CN(Cc1ccc(C(=O)NC23CC4CC(CC(O)(C4)C2)C3)cc1)C(=O)c1cccc(C#N)c1. The van der Waals surface area contributed by atoms with Crippen molar-refractivity contribution in [3.05, 3.63) is 142 Å². The van der Waals surface area contributed by atoms with Crippen LogP contribution in [0.2, 0.25) is 0 Å². The average molecular weight is 824 g/mol. The quantitative estimate of drug-likeness (QED) is 0.177. The van der Waals surface area contributed by atoms with Crippen LogP contribution in [-0.4, -0.2) is 81.3 Å². The molecule has 1 heterocycles. The van der Waals surface area contributed by atoms with Crippen LogP contribution in [0, 0.1) is 34.9 Å². The molecule has 6 aliphatic rings. The summed E-state index contributed by atoms with van der Waals surface area (Å²) in [7, 11) is 3.41. The van der Waals surface area contributed by atoms with Gasteiger partial charge < -0.3 is 25.1 Å². The molecule has 0 aromatic heterocycles. The Labute approximate surface area is 357 Å². The Morgan fingerprint density at radius 2 is 1.34 bits per heavy atom. The zero-order chi connectivity index (χ0) is 42.9. The lowest BCUT2D eigenvalue weighted by Crippen LogP contribution is -2.65. The maximum Gasteiger partial charge on any atom is 0.254 e. The third kappa shape index (κ3) is 9.40. The molecule has 2 N–H and O–H groups in total. The molecule has 1 aliphatic heterocycles. The number of carbonyl (C=O) groups excluding carboxylic acids is 4. The van der Waals surface area contributed by atoms with E-state index in [4.69, 9.17) is 5.26 Å². The van der Waals surface area contributed by atoms with E-state index in [2.05, 4.69) is 11.4 Å². The normalized spacial score (nSPS) is 25.5. The number of nitrogens with zero attached hydrogens (tertiary/aromatic N) is 4. The van der Waals surface area contributed by atoms with Gasteiger partial charge in [0.2, 0.25) is 0 Å². The molecular weight excluding hydrogens is 770 g/mol. The highest BCUT2D eigenvalue weighted by atomic mass is 19.1. The summed E-state index contributed by atoms with van der Waals surface area (Å²) in [6.45, 7) is 1.69. The molecule has 1 saturated heterocycles. The Morgan fingerprint density at radius 3 is 1.92 bits per heavy atom. The van der Waals surface area contributed by atoms with Crippen LogP contribution in [0.3, 0.4) is 0 Å². The zero-order valence-electron chi connectivity index (χ0n) is 35.0. The Balaban J connectivity index is 0.000000171. The molecule has 10 rings (SSSR count). The van der Waals surface area contributed by atoms with Gasteiger partial charge in [0, 0.05) is 67.6 Å². The minimum absolute atomic E-state index is 0.0927. The van der Waals surface area contributed by atoms with Crippen molar-refractivity contribution in [2.24, 2.45) is 17.8 Å². The van der Waals surface area contributed by atoms with Crippen molar-refractivity contribution >= 4 is 23.6 Å². The number of halogens is 1. The number of nitrogens with one attached hydrogen (secondary N) is 1. The number of hydrogen-bond donors (Lipinski definition) is 2. The molecule has 11 heteroatoms. The van der Waals surface area contributed by atoms with Crippen molar-refractivity contribution in [1.29, 1.82) is 5.26 Å². The van der Waals surface area contributed by atoms with Crippen molar-refractivity contribution in [2.45, 2.75) is 94.5 Å². The number of nitriles is 1. The molecule has 0 spiro atoms.